The molecular formula is C12H14BrN3OS. The first-order valence-electron chi connectivity index (χ1n) is 5.70. The highest BCUT2D eigenvalue weighted by Gasteiger charge is 2.04. The zero-order valence-corrected chi connectivity index (χ0v) is 12.4. The number of halogens is 1. The Bertz CT molecular complexity index is 576. The summed E-state index contributed by atoms with van der Waals surface area (Å²) in [6.07, 6.45) is 3.50. The molecule has 0 aliphatic rings. The molecule has 6 heteroatoms. The predicted octanol–water partition coefficient (Wildman–Crippen LogP) is 2.57. The van der Waals surface area contributed by atoms with E-state index in [1.807, 2.05) is 19.1 Å². The molecule has 0 aromatic carbocycles. The Balaban J connectivity index is 2.15. The Morgan fingerprint density at radius 3 is 3.06 bits per heavy atom. The Morgan fingerprint density at radius 1 is 1.44 bits per heavy atom. The van der Waals surface area contributed by atoms with Crippen molar-refractivity contribution in [3.05, 3.63) is 29.0 Å². The molecule has 0 saturated carbocycles. The van der Waals surface area contributed by atoms with Gasteiger partial charge in [0.15, 0.2) is 0 Å². The van der Waals surface area contributed by atoms with Crippen LogP contribution in [-0.4, -0.2) is 32.2 Å². The van der Waals surface area contributed by atoms with Crippen molar-refractivity contribution in [3.63, 3.8) is 0 Å². The molecule has 0 aliphatic carbocycles. The first-order chi connectivity index (χ1) is 8.70. The number of pyridine rings is 2. The molecule has 0 radical (unpaired) electrons. The average molecular weight is 328 g/mol. The van der Waals surface area contributed by atoms with E-state index in [1.165, 1.54) is 0 Å². The van der Waals surface area contributed by atoms with E-state index in [-0.39, 0.29) is 0 Å². The zero-order chi connectivity index (χ0) is 13.0. The second kappa shape index (κ2) is 6.24. The van der Waals surface area contributed by atoms with Crippen LogP contribution in [0.5, 0.6) is 0 Å². The highest BCUT2D eigenvalue weighted by molar-refractivity contribution is 9.10. The van der Waals surface area contributed by atoms with Crippen LogP contribution < -0.4 is 5.32 Å². The van der Waals surface area contributed by atoms with Crippen LogP contribution in [0, 0.1) is 0 Å². The maximum absolute atomic E-state index is 11.3. The van der Waals surface area contributed by atoms with Crippen LogP contribution in [0.25, 0.3) is 11.0 Å². The second-order valence-electron chi connectivity index (χ2n) is 3.74. The smallest absolute Gasteiger partial charge is 0.112 e. The number of aromatic nitrogens is 2. The van der Waals surface area contributed by atoms with Crippen LogP contribution in [-0.2, 0) is 10.8 Å². The molecule has 0 fully saturated rings. The minimum Gasteiger partial charge on any atom is -0.382 e. The molecule has 2 rings (SSSR count). The summed E-state index contributed by atoms with van der Waals surface area (Å²) in [5.74, 6) is 1.35. The number of hydrogen-bond acceptors (Lipinski definition) is 4. The normalized spacial score (nSPS) is 12.6. The van der Waals surface area contributed by atoms with E-state index < -0.39 is 10.8 Å². The first kappa shape index (κ1) is 13.4. The molecule has 0 aliphatic heterocycles. The molecule has 0 amide bonds. The Labute approximate surface area is 117 Å². The minimum atomic E-state index is -0.744. The molecule has 96 valence electrons. The van der Waals surface area contributed by atoms with Crippen molar-refractivity contribution in [2.24, 2.45) is 0 Å². The van der Waals surface area contributed by atoms with E-state index in [0.29, 0.717) is 18.1 Å². The fourth-order valence-corrected chi connectivity index (χ4v) is 2.53. The zero-order valence-electron chi connectivity index (χ0n) is 10.0. The summed E-state index contributed by atoms with van der Waals surface area (Å²) in [6.45, 7) is 2.61. The lowest BCUT2D eigenvalue weighted by Crippen LogP contribution is -2.12. The SMILES string of the molecule is CCS(=O)CCNc1ccnc2cc(Br)cnc12. The summed E-state index contributed by atoms with van der Waals surface area (Å²) in [6, 6.07) is 3.82. The van der Waals surface area contributed by atoms with Crippen LogP contribution in [0.3, 0.4) is 0 Å². The monoisotopic (exact) mass is 327 g/mol. The van der Waals surface area contributed by atoms with Crippen molar-refractivity contribution in [1.82, 2.24) is 9.97 Å². The molecule has 1 atom stereocenters. The van der Waals surface area contributed by atoms with Gasteiger partial charge in [-0.05, 0) is 28.1 Å². The summed E-state index contributed by atoms with van der Waals surface area (Å²) in [5.41, 5.74) is 2.61. The van der Waals surface area contributed by atoms with Gasteiger partial charge in [-0.2, -0.15) is 0 Å². The molecule has 2 aromatic rings. The maximum Gasteiger partial charge on any atom is 0.112 e. The third-order valence-corrected chi connectivity index (χ3v) is 4.25. The molecule has 4 nitrogen and oxygen atoms in total. The van der Waals surface area contributed by atoms with Crippen molar-refractivity contribution in [1.29, 1.82) is 0 Å². The number of rotatable bonds is 5. The summed E-state index contributed by atoms with van der Waals surface area (Å²) in [7, 11) is -0.744. The highest BCUT2D eigenvalue weighted by atomic mass is 79.9. The van der Waals surface area contributed by atoms with Gasteiger partial charge < -0.3 is 5.32 Å². The molecule has 0 saturated heterocycles. The van der Waals surface area contributed by atoms with Crippen molar-refractivity contribution in [2.45, 2.75) is 6.92 Å². The fraction of sp³-hybridized carbons (Fsp3) is 0.333. The van der Waals surface area contributed by atoms with Gasteiger partial charge in [-0.3, -0.25) is 14.2 Å². The van der Waals surface area contributed by atoms with Gasteiger partial charge in [0.05, 0.1) is 11.2 Å². The number of nitrogens with one attached hydrogen (secondary N) is 1. The van der Waals surface area contributed by atoms with Gasteiger partial charge in [-0.15, -0.1) is 0 Å². The molecule has 2 aromatic heterocycles. The molecule has 18 heavy (non-hydrogen) atoms. The molecular weight excluding hydrogens is 314 g/mol. The average Bonchev–Trinajstić information content (AvgIpc) is 2.38. The van der Waals surface area contributed by atoms with Crippen LogP contribution >= 0.6 is 15.9 Å². The van der Waals surface area contributed by atoms with E-state index >= 15 is 0 Å². The van der Waals surface area contributed by atoms with E-state index in [2.05, 4.69) is 31.2 Å². The van der Waals surface area contributed by atoms with Gasteiger partial charge in [-0.1, -0.05) is 6.92 Å². The van der Waals surface area contributed by atoms with Gasteiger partial charge >= 0.3 is 0 Å². The largest absolute Gasteiger partial charge is 0.382 e. The van der Waals surface area contributed by atoms with Crippen molar-refractivity contribution in [2.75, 3.05) is 23.4 Å². The lowest BCUT2D eigenvalue weighted by Gasteiger charge is -2.08. The quantitative estimate of drug-likeness (QED) is 0.917. The van der Waals surface area contributed by atoms with Gasteiger partial charge in [0.25, 0.3) is 0 Å². The van der Waals surface area contributed by atoms with Crippen LogP contribution in [0.4, 0.5) is 5.69 Å². The molecule has 1 unspecified atom stereocenters. The molecule has 0 spiro atoms. The first-order valence-corrected chi connectivity index (χ1v) is 7.98. The summed E-state index contributed by atoms with van der Waals surface area (Å²) >= 11 is 3.37. The lowest BCUT2D eigenvalue weighted by molar-refractivity contribution is 0.684. The van der Waals surface area contributed by atoms with Crippen molar-refractivity contribution >= 4 is 43.5 Å². The Kier molecular flexibility index (Phi) is 4.66. The number of nitrogens with zero attached hydrogens (tertiary/aromatic N) is 2. The van der Waals surface area contributed by atoms with Crippen molar-refractivity contribution in [3.8, 4) is 0 Å². The number of hydrogen-bond donors (Lipinski definition) is 1. The molecule has 1 N–H and O–H groups in total. The van der Waals surface area contributed by atoms with Gasteiger partial charge in [-0.25, -0.2) is 0 Å². The molecule has 2 heterocycles. The third kappa shape index (κ3) is 3.26. The Hall–Kier alpha value is -1.01. The molecule has 0 bridgehead atoms. The number of anilines is 1. The third-order valence-electron chi connectivity index (χ3n) is 2.51. The maximum atomic E-state index is 11.3. The fourth-order valence-electron chi connectivity index (χ4n) is 1.59. The van der Waals surface area contributed by atoms with E-state index in [4.69, 9.17) is 0 Å². The van der Waals surface area contributed by atoms with Gasteiger partial charge in [0, 0.05) is 45.7 Å². The number of fused-ring (bicyclic) bond motifs is 1. The van der Waals surface area contributed by atoms with Crippen LogP contribution in [0.2, 0.25) is 0 Å². The van der Waals surface area contributed by atoms with E-state index in [0.717, 1.165) is 21.2 Å². The van der Waals surface area contributed by atoms with Gasteiger partial charge in [0.1, 0.15) is 5.52 Å². The van der Waals surface area contributed by atoms with Gasteiger partial charge in [0.2, 0.25) is 0 Å². The van der Waals surface area contributed by atoms with E-state index in [1.54, 1.807) is 12.4 Å². The second-order valence-corrected chi connectivity index (χ2v) is 6.52. The van der Waals surface area contributed by atoms with E-state index in [9.17, 15) is 4.21 Å². The van der Waals surface area contributed by atoms with Crippen LogP contribution in [0.15, 0.2) is 29.0 Å². The summed E-state index contributed by atoms with van der Waals surface area (Å²) < 4.78 is 12.3. The highest BCUT2D eigenvalue weighted by Crippen LogP contribution is 2.21. The topological polar surface area (TPSA) is 54.9 Å². The standard InChI is InChI=1S/C12H14BrN3OS/c1-2-18(17)6-5-15-10-3-4-14-11-7-9(13)8-16-12(10)11/h3-4,7-8H,2,5-6H2,1H3,(H,14,15). The predicted molar refractivity (Wildman–Crippen MR) is 79.3 cm³/mol. The summed E-state index contributed by atoms with van der Waals surface area (Å²) in [4.78, 5) is 8.62. The Morgan fingerprint density at radius 2 is 2.28 bits per heavy atom. The van der Waals surface area contributed by atoms with Crippen LogP contribution in [0.1, 0.15) is 6.92 Å². The minimum absolute atomic E-state index is 0.650. The van der Waals surface area contributed by atoms with Crippen molar-refractivity contribution < 1.29 is 4.21 Å². The lowest BCUT2D eigenvalue weighted by atomic mass is 10.3. The summed E-state index contributed by atoms with van der Waals surface area (Å²) in [5, 5.41) is 3.26.